The van der Waals surface area contributed by atoms with Crippen LogP contribution in [-0.2, 0) is 6.42 Å². The Bertz CT molecular complexity index is 445. The average molecular weight is 229 g/mol. The van der Waals surface area contributed by atoms with Crippen LogP contribution in [0.3, 0.4) is 0 Å². The molecule has 0 aliphatic rings. The monoisotopic (exact) mass is 229 g/mol. The van der Waals surface area contributed by atoms with Crippen molar-refractivity contribution >= 4 is 11.0 Å². The van der Waals surface area contributed by atoms with Gasteiger partial charge < -0.3 is 4.98 Å². The van der Waals surface area contributed by atoms with Crippen molar-refractivity contribution < 1.29 is 0 Å². The summed E-state index contributed by atoms with van der Waals surface area (Å²) < 4.78 is 0. The van der Waals surface area contributed by atoms with Gasteiger partial charge in [0.2, 0.25) is 0 Å². The van der Waals surface area contributed by atoms with Gasteiger partial charge >= 0.3 is 0 Å². The molecule has 17 heavy (non-hydrogen) atoms. The number of aromatic nitrogens is 2. The van der Waals surface area contributed by atoms with E-state index in [1.165, 1.54) is 50.5 Å². The van der Waals surface area contributed by atoms with Crippen LogP contribution >= 0.6 is 0 Å². The zero-order valence-electron chi connectivity index (χ0n) is 10.6. The number of hydrogen-bond acceptors (Lipinski definition) is 1. The van der Waals surface area contributed by atoms with E-state index in [0.717, 1.165) is 11.0 Å². The molecular weight excluding hydrogens is 208 g/mol. The summed E-state index contributed by atoms with van der Waals surface area (Å²) in [5, 5.41) is 0. The fourth-order valence-corrected chi connectivity index (χ4v) is 2.19. The number of rotatable bonds is 7. The quantitative estimate of drug-likeness (QED) is 0.706. The number of benzene rings is 1. The number of aryl methyl sites for hydroxylation is 1. The molecule has 2 nitrogen and oxygen atoms in total. The summed E-state index contributed by atoms with van der Waals surface area (Å²) in [5.74, 6) is 0. The summed E-state index contributed by atoms with van der Waals surface area (Å²) in [6.07, 6.45) is 12.1. The Hall–Kier alpha value is -1.31. The van der Waals surface area contributed by atoms with Crippen LogP contribution in [0.25, 0.3) is 11.0 Å². The zero-order valence-corrected chi connectivity index (χ0v) is 10.6. The molecule has 0 atom stereocenters. The lowest BCUT2D eigenvalue weighted by Gasteiger charge is -2.02. The van der Waals surface area contributed by atoms with E-state index in [1.807, 2.05) is 0 Å². The van der Waals surface area contributed by atoms with Crippen LogP contribution in [0.4, 0.5) is 0 Å². The molecule has 1 N–H and O–H groups in total. The SMILES string of the molecule is CCCCCCCCc1ccc2n[c][nH]c2c1. The number of imidazole rings is 1. The van der Waals surface area contributed by atoms with Gasteiger partial charge in [-0.2, -0.15) is 0 Å². The van der Waals surface area contributed by atoms with Crippen molar-refractivity contribution in [2.75, 3.05) is 0 Å². The average Bonchev–Trinajstić information content (AvgIpc) is 2.81. The lowest BCUT2D eigenvalue weighted by atomic mass is 10.0. The smallest absolute Gasteiger partial charge is 0.174 e. The Labute approximate surface area is 103 Å². The highest BCUT2D eigenvalue weighted by molar-refractivity contribution is 5.74. The summed E-state index contributed by atoms with van der Waals surface area (Å²) in [4.78, 5) is 7.15. The highest BCUT2D eigenvalue weighted by atomic mass is 14.9. The van der Waals surface area contributed by atoms with Gasteiger partial charge in [0.05, 0.1) is 11.0 Å². The number of H-pyrrole nitrogens is 1. The molecule has 2 aromatic rings. The molecular formula is C15H21N2. The van der Waals surface area contributed by atoms with Crippen molar-refractivity contribution in [2.45, 2.75) is 51.9 Å². The van der Waals surface area contributed by atoms with Crippen molar-refractivity contribution in [1.29, 1.82) is 0 Å². The fourth-order valence-electron chi connectivity index (χ4n) is 2.19. The highest BCUT2D eigenvalue weighted by Crippen LogP contribution is 2.14. The van der Waals surface area contributed by atoms with Gasteiger partial charge in [-0.1, -0.05) is 45.1 Å². The molecule has 1 aromatic carbocycles. The van der Waals surface area contributed by atoms with Crippen LogP contribution in [0.2, 0.25) is 0 Å². The molecule has 0 unspecified atom stereocenters. The summed E-state index contributed by atoms with van der Waals surface area (Å²) in [6, 6.07) is 6.46. The molecule has 0 saturated heterocycles. The van der Waals surface area contributed by atoms with Gasteiger partial charge in [0.25, 0.3) is 0 Å². The van der Waals surface area contributed by atoms with Crippen molar-refractivity contribution in [2.24, 2.45) is 0 Å². The summed E-state index contributed by atoms with van der Waals surface area (Å²) in [6.45, 7) is 2.26. The predicted octanol–water partition coefficient (Wildman–Crippen LogP) is 4.27. The molecule has 0 saturated carbocycles. The molecule has 0 bridgehead atoms. The van der Waals surface area contributed by atoms with E-state index in [-0.39, 0.29) is 0 Å². The highest BCUT2D eigenvalue weighted by Gasteiger charge is 1.98. The molecule has 0 fully saturated rings. The van der Waals surface area contributed by atoms with Gasteiger partial charge in [-0.05, 0) is 30.5 Å². The van der Waals surface area contributed by atoms with Gasteiger partial charge in [0, 0.05) is 0 Å². The molecule has 0 amide bonds. The van der Waals surface area contributed by atoms with Gasteiger partial charge in [0.15, 0.2) is 6.33 Å². The standard InChI is InChI=1S/C15H21N2/c1-2-3-4-5-6-7-8-13-9-10-14-15(11-13)17-12-16-14/h9-11H,2-8H2,1H3,(H,16,17). The Kier molecular flexibility index (Phi) is 4.60. The number of hydrogen-bond donors (Lipinski definition) is 1. The summed E-state index contributed by atoms with van der Waals surface area (Å²) in [5.41, 5.74) is 3.52. The molecule has 1 aromatic heterocycles. The molecule has 1 heterocycles. The summed E-state index contributed by atoms with van der Waals surface area (Å²) >= 11 is 0. The second-order valence-electron chi connectivity index (χ2n) is 4.72. The summed E-state index contributed by atoms with van der Waals surface area (Å²) in [7, 11) is 0. The van der Waals surface area contributed by atoms with Gasteiger partial charge in [-0.25, -0.2) is 4.98 Å². The maximum atomic E-state index is 4.11. The van der Waals surface area contributed by atoms with Crippen LogP contribution < -0.4 is 0 Å². The van der Waals surface area contributed by atoms with Crippen LogP contribution in [0, 0.1) is 6.33 Å². The third-order valence-corrected chi connectivity index (χ3v) is 3.25. The second-order valence-corrected chi connectivity index (χ2v) is 4.72. The van der Waals surface area contributed by atoms with Crippen molar-refractivity contribution in [3.63, 3.8) is 0 Å². The minimum atomic E-state index is 1.01. The van der Waals surface area contributed by atoms with E-state index in [0.29, 0.717) is 0 Å². The lowest BCUT2D eigenvalue weighted by Crippen LogP contribution is -1.86. The topological polar surface area (TPSA) is 28.7 Å². The van der Waals surface area contributed by atoms with E-state index in [9.17, 15) is 0 Å². The van der Waals surface area contributed by atoms with E-state index in [2.05, 4.69) is 41.4 Å². The molecule has 1 radical (unpaired) electrons. The number of aromatic amines is 1. The minimum Gasteiger partial charge on any atom is -0.335 e. The van der Waals surface area contributed by atoms with Crippen LogP contribution in [0.15, 0.2) is 18.2 Å². The molecule has 2 heteroatoms. The number of fused-ring (bicyclic) bond motifs is 1. The first kappa shape index (κ1) is 12.2. The first-order valence-electron chi connectivity index (χ1n) is 6.75. The molecule has 91 valence electrons. The van der Waals surface area contributed by atoms with Crippen molar-refractivity contribution in [3.05, 3.63) is 30.1 Å². The van der Waals surface area contributed by atoms with Crippen molar-refractivity contribution in [1.82, 2.24) is 9.97 Å². The van der Waals surface area contributed by atoms with Crippen LogP contribution in [0.1, 0.15) is 51.0 Å². The van der Waals surface area contributed by atoms with E-state index in [1.54, 1.807) is 0 Å². The molecule has 0 aliphatic carbocycles. The van der Waals surface area contributed by atoms with Gasteiger partial charge in [-0.3, -0.25) is 0 Å². The van der Waals surface area contributed by atoms with E-state index < -0.39 is 0 Å². The third-order valence-electron chi connectivity index (χ3n) is 3.25. The first-order chi connectivity index (χ1) is 8.40. The molecule has 2 rings (SSSR count). The maximum Gasteiger partial charge on any atom is 0.174 e. The lowest BCUT2D eigenvalue weighted by molar-refractivity contribution is 0.607. The number of nitrogens with one attached hydrogen (secondary N) is 1. The van der Waals surface area contributed by atoms with Gasteiger partial charge in [0.1, 0.15) is 0 Å². The van der Waals surface area contributed by atoms with E-state index >= 15 is 0 Å². The minimum absolute atomic E-state index is 1.01. The van der Waals surface area contributed by atoms with Crippen LogP contribution in [-0.4, -0.2) is 9.97 Å². The largest absolute Gasteiger partial charge is 0.335 e. The van der Waals surface area contributed by atoms with Crippen molar-refractivity contribution in [3.8, 4) is 0 Å². The Balaban J connectivity index is 1.75. The second kappa shape index (κ2) is 6.43. The fraction of sp³-hybridized carbons (Fsp3) is 0.533. The molecule has 0 aliphatic heterocycles. The Morgan fingerprint density at radius 3 is 2.82 bits per heavy atom. The van der Waals surface area contributed by atoms with Gasteiger partial charge in [-0.15, -0.1) is 0 Å². The first-order valence-corrected chi connectivity index (χ1v) is 6.75. The number of unbranched alkanes of at least 4 members (excludes halogenated alkanes) is 5. The number of nitrogens with zero attached hydrogens (tertiary/aromatic N) is 1. The molecule has 0 spiro atoms. The third kappa shape index (κ3) is 3.58. The normalized spacial score (nSPS) is 11.1. The van der Waals surface area contributed by atoms with E-state index in [4.69, 9.17) is 0 Å². The Morgan fingerprint density at radius 1 is 1.12 bits per heavy atom. The maximum absolute atomic E-state index is 4.11. The zero-order chi connectivity index (χ0) is 11.9. The Morgan fingerprint density at radius 2 is 1.94 bits per heavy atom. The predicted molar refractivity (Wildman–Crippen MR) is 72.0 cm³/mol. The van der Waals surface area contributed by atoms with Crippen LogP contribution in [0.5, 0.6) is 0 Å².